The van der Waals surface area contributed by atoms with Crippen molar-refractivity contribution in [2.45, 2.75) is 6.42 Å². The third-order valence-electron chi connectivity index (χ3n) is 2.11. The number of fused-ring (bicyclic) bond motifs is 1. The van der Waals surface area contributed by atoms with Crippen molar-refractivity contribution in [2.24, 2.45) is 0 Å². The Balaban J connectivity index is 2.54. The Kier molecular flexibility index (Phi) is 1.84. The minimum atomic E-state index is -3.31. The lowest BCUT2D eigenvalue weighted by atomic mass is 10.1. The number of ketones is 1. The molecule has 0 saturated heterocycles. The maximum atomic E-state index is 11.3. The van der Waals surface area contributed by atoms with Crippen LogP contribution < -0.4 is 4.31 Å². The number of rotatable bonds is 1. The first-order chi connectivity index (χ1) is 6.50. The highest BCUT2D eigenvalue weighted by molar-refractivity contribution is 7.92. The van der Waals surface area contributed by atoms with Gasteiger partial charge in [0.05, 0.1) is 12.5 Å². The molecule has 0 aromatic carbocycles. The number of carbonyl (C=O) groups excluding carboxylic acids is 1. The molecule has 2 rings (SSSR count). The summed E-state index contributed by atoms with van der Waals surface area (Å²) in [4.78, 5) is 11.3. The number of Topliss-reactive ketones (excluding diaryl/α,β-unsaturated/α-hetero) is 1. The predicted octanol–water partition coefficient (Wildman–Crippen LogP) is -0.238. The minimum Gasteiger partial charge on any atom is -0.292 e. The van der Waals surface area contributed by atoms with E-state index >= 15 is 0 Å². The average Bonchev–Trinajstić information content (AvgIpc) is 2.50. The lowest BCUT2D eigenvalue weighted by molar-refractivity contribution is 0.0977. The monoisotopic (exact) mass is 215 g/mol. The molecule has 0 bridgehead atoms. The Morgan fingerprint density at radius 1 is 1.57 bits per heavy atom. The van der Waals surface area contributed by atoms with E-state index in [1.165, 1.54) is 10.5 Å². The van der Waals surface area contributed by atoms with Crippen molar-refractivity contribution in [1.82, 2.24) is 10.2 Å². The van der Waals surface area contributed by atoms with Crippen molar-refractivity contribution in [3.8, 4) is 0 Å². The van der Waals surface area contributed by atoms with Crippen LogP contribution in [0.15, 0.2) is 6.20 Å². The van der Waals surface area contributed by atoms with Crippen LogP contribution in [-0.4, -0.2) is 37.2 Å². The van der Waals surface area contributed by atoms with Gasteiger partial charge in [-0.2, -0.15) is 5.10 Å². The van der Waals surface area contributed by atoms with Crippen LogP contribution in [0.5, 0.6) is 0 Å². The van der Waals surface area contributed by atoms with Crippen molar-refractivity contribution < 1.29 is 13.2 Å². The zero-order valence-corrected chi connectivity index (χ0v) is 8.34. The molecule has 14 heavy (non-hydrogen) atoms. The molecule has 0 unspecified atom stereocenters. The first kappa shape index (κ1) is 9.20. The third-order valence-corrected chi connectivity index (χ3v) is 3.29. The molecular formula is C7H9N3O3S. The largest absolute Gasteiger partial charge is 0.292 e. The highest BCUT2D eigenvalue weighted by Gasteiger charge is 2.29. The fourth-order valence-electron chi connectivity index (χ4n) is 1.47. The maximum Gasteiger partial charge on any atom is 0.232 e. The molecule has 1 aliphatic rings. The first-order valence-electron chi connectivity index (χ1n) is 4.04. The van der Waals surface area contributed by atoms with Crippen molar-refractivity contribution in [3.63, 3.8) is 0 Å². The summed E-state index contributed by atoms with van der Waals surface area (Å²) in [5.41, 5.74) is 0.630. The maximum absolute atomic E-state index is 11.3. The van der Waals surface area contributed by atoms with E-state index < -0.39 is 10.0 Å². The Hall–Kier alpha value is -1.37. The fraction of sp³-hybridized carbons (Fsp3) is 0.429. The zero-order valence-electron chi connectivity index (χ0n) is 7.52. The summed E-state index contributed by atoms with van der Waals surface area (Å²) < 4.78 is 23.8. The van der Waals surface area contributed by atoms with Gasteiger partial charge in [0.15, 0.2) is 5.78 Å². The summed E-state index contributed by atoms with van der Waals surface area (Å²) in [6, 6.07) is 0. The second-order valence-electron chi connectivity index (χ2n) is 3.14. The van der Waals surface area contributed by atoms with Crippen LogP contribution in [0.4, 0.5) is 5.69 Å². The first-order valence-corrected chi connectivity index (χ1v) is 5.89. The molecule has 1 aromatic heterocycles. The number of nitrogens with zero attached hydrogens (tertiary/aromatic N) is 2. The zero-order chi connectivity index (χ0) is 10.3. The van der Waals surface area contributed by atoms with Crippen LogP contribution in [0.25, 0.3) is 0 Å². The summed E-state index contributed by atoms with van der Waals surface area (Å²) in [6.45, 7) is 0.199. The molecule has 0 spiro atoms. The van der Waals surface area contributed by atoms with Gasteiger partial charge in [0, 0.05) is 13.0 Å². The summed E-state index contributed by atoms with van der Waals surface area (Å²) in [6.07, 6.45) is 2.66. The van der Waals surface area contributed by atoms with Crippen molar-refractivity contribution >= 4 is 21.5 Å². The van der Waals surface area contributed by atoms with Gasteiger partial charge in [0.2, 0.25) is 10.0 Å². The van der Waals surface area contributed by atoms with E-state index in [0.29, 0.717) is 5.69 Å². The van der Waals surface area contributed by atoms with Gasteiger partial charge in [-0.3, -0.25) is 14.2 Å². The van der Waals surface area contributed by atoms with E-state index in [-0.39, 0.29) is 24.4 Å². The quantitative estimate of drug-likeness (QED) is 0.701. The smallest absolute Gasteiger partial charge is 0.232 e. The second kappa shape index (κ2) is 2.81. The van der Waals surface area contributed by atoms with Gasteiger partial charge in [0.1, 0.15) is 11.4 Å². The van der Waals surface area contributed by atoms with Crippen LogP contribution in [0.2, 0.25) is 0 Å². The molecule has 7 heteroatoms. The van der Waals surface area contributed by atoms with Crippen LogP contribution >= 0.6 is 0 Å². The van der Waals surface area contributed by atoms with Gasteiger partial charge >= 0.3 is 0 Å². The lowest BCUT2D eigenvalue weighted by Gasteiger charge is -2.24. The van der Waals surface area contributed by atoms with Crippen LogP contribution in [0, 0.1) is 0 Å². The highest BCUT2D eigenvalue weighted by atomic mass is 32.2. The topological polar surface area (TPSA) is 83.1 Å². The number of aromatic nitrogens is 2. The number of sulfonamides is 1. The summed E-state index contributed by atoms with van der Waals surface area (Å²) >= 11 is 0. The summed E-state index contributed by atoms with van der Waals surface area (Å²) in [5.74, 6) is -0.0996. The second-order valence-corrected chi connectivity index (χ2v) is 5.05. The van der Waals surface area contributed by atoms with Gasteiger partial charge in [-0.25, -0.2) is 8.42 Å². The number of nitrogens with one attached hydrogen (secondary N) is 1. The van der Waals surface area contributed by atoms with Crippen molar-refractivity contribution in [1.29, 1.82) is 0 Å². The minimum absolute atomic E-state index is 0.0996. The number of anilines is 1. The van der Waals surface area contributed by atoms with Gasteiger partial charge in [-0.1, -0.05) is 0 Å². The van der Waals surface area contributed by atoms with Gasteiger partial charge in [-0.15, -0.1) is 0 Å². The fourth-order valence-corrected chi connectivity index (χ4v) is 2.39. The Morgan fingerprint density at radius 2 is 2.29 bits per heavy atom. The van der Waals surface area contributed by atoms with Crippen LogP contribution in [0.3, 0.4) is 0 Å². The molecule has 1 aromatic rings. The molecule has 0 fully saturated rings. The molecule has 1 aliphatic heterocycles. The Bertz CT molecular complexity index is 476. The SMILES string of the molecule is CS(=O)(=O)N1CCC(=O)c2[nH]ncc21. The molecule has 0 saturated carbocycles. The average molecular weight is 215 g/mol. The van der Waals surface area contributed by atoms with Crippen LogP contribution in [-0.2, 0) is 10.0 Å². The molecule has 0 radical (unpaired) electrons. The molecule has 6 nitrogen and oxygen atoms in total. The predicted molar refractivity (Wildman–Crippen MR) is 49.7 cm³/mol. The van der Waals surface area contributed by atoms with Gasteiger partial charge in [-0.05, 0) is 0 Å². The molecule has 0 amide bonds. The van der Waals surface area contributed by atoms with Gasteiger partial charge in [0.25, 0.3) is 0 Å². The van der Waals surface area contributed by atoms with Gasteiger partial charge < -0.3 is 0 Å². The summed E-state index contributed by atoms with van der Waals surface area (Å²) in [7, 11) is -3.31. The third kappa shape index (κ3) is 1.29. The van der Waals surface area contributed by atoms with E-state index in [9.17, 15) is 13.2 Å². The molecule has 2 heterocycles. The number of hydrogen-bond acceptors (Lipinski definition) is 4. The van der Waals surface area contributed by atoms with E-state index in [4.69, 9.17) is 0 Å². The summed E-state index contributed by atoms with van der Waals surface area (Å²) in [5, 5.41) is 6.17. The molecular weight excluding hydrogens is 206 g/mol. The number of H-pyrrole nitrogens is 1. The van der Waals surface area contributed by atoms with Crippen molar-refractivity contribution in [3.05, 3.63) is 11.9 Å². The number of aromatic amines is 1. The number of carbonyl (C=O) groups is 1. The molecule has 76 valence electrons. The highest BCUT2D eigenvalue weighted by Crippen LogP contribution is 2.26. The molecule has 0 aliphatic carbocycles. The van der Waals surface area contributed by atoms with Crippen LogP contribution in [0.1, 0.15) is 16.9 Å². The Morgan fingerprint density at radius 3 is 2.93 bits per heavy atom. The van der Waals surface area contributed by atoms with E-state index in [0.717, 1.165) is 6.26 Å². The number of hydrogen-bond donors (Lipinski definition) is 1. The normalized spacial score (nSPS) is 16.9. The lowest BCUT2D eigenvalue weighted by Crippen LogP contribution is -2.36. The van der Waals surface area contributed by atoms with E-state index in [1.807, 2.05) is 0 Å². The standard InChI is InChI=1S/C7H9N3O3S/c1-14(12,13)10-3-2-6(11)7-5(10)4-8-9-7/h4H,2-3H2,1H3,(H,8,9). The molecule has 1 N–H and O–H groups in total. The van der Waals surface area contributed by atoms with E-state index in [2.05, 4.69) is 10.2 Å². The van der Waals surface area contributed by atoms with E-state index in [1.54, 1.807) is 0 Å². The van der Waals surface area contributed by atoms with Crippen molar-refractivity contribution in [2.75, 3.05) is 17.1 Å². The molecule has 0 atom stereocenters. The Labute approximate surface area is 81.0 Å².